The number of imidazole rings is 1. The molecule has 4 heteroatoms. The van der Waals surface area contributed by atoms with Crippen molar-refractivity contribution in [2.24, 2.45) is 0 Å². The molecule has 0 aliphatic heterocycles. The van der Waals surface area contributed by atoms with Crippen molar-refractivity contribution in [1.82, 2.24) is 14.5 Å². The van der Waals surface area contributed by atoms with Crippen LogP contribution in [0.2, 0.25) is 0 Å². The van der Waals surface area contributed by atoms with Crippen LogP contribution in [-0.2, 0) is 10.8 Å². The molecule has 2 heterocycles. The summed E-state index contributed by atoms with van der Waals surface area (Å²) in [5.41, 5.74) is 16.5. The maximum atomic E-state index is 12.1. The van der Waals surface area contributed by atoms with Gasteiger partial charge in [-0.3, -0.25) is 9.55 Å². The third-order valence-corrected chi connectivity index (χ3v) is 13.1. The molecule has 0 atom stereocenters. The second-order valence-corrected chi connectivity index (χ2v) is 19.9. The van der Waals surface area contributed by atoms with Crippen LogP contribution in [0.5, 0.6) is 5.75 Å². The minimum atomic E-state index is -2.55. The zero-order chi connectivity index (χ0) is 49.8. The van der Waals surface area contributed by atoms with E-state index in [4.69, 9.17) is 9.97 Å². The summed E-state index contributed by atoms with van der Waals surface area (Å²) in [6.07, 6.45) is 1.86. The predicted octanol–water partition coefficient (Wildman–Crippen LogP) is 17.0. The lowest BCUT2D eigenvalue weighted by Gasteiger charge is -2.26. The number of hydrogen-bond acceptors (Lipinski definition) is 3. The SMILES string of the molecule is [2H]C([2H])([2H])c1cc(-c2c(-c3ccccc3)cccc2C(C)(C)C)ccc1-n1c(-c2cc(C(C)(C)C)cc(C)c2O)nc2c(-c3cc(-c4ccccc4)cc(-c4cc(-c5ccccc5)ccn4)c3)cccc21. The molecular formula is C64H57N3O. The largest absolute Gasteiger partial charge is 0.507 e. The van der Waals surface area contributed by atoms with E-state index in [1.165, 1.54) is 0 Å². The number of para-hydroxylation sites is 1. The predicted molar refractivity (Wildman–Crippen MR) is 285 cm³/mol. The van der Waals surface area contributed by atoms with Gasteiger partial charge in [-0.25, -0.2) is 4.98 Å². The lowest BCUT2D eigenvalue weighted by Crippen LogP contribution is -2.13. The quantitative estimate of drug-likeness (QED) is 0.165. The number of phenolic OH excluding ortho intramolecular Hbond substituents is 1. The normalized spacial score (nSPS) is 12.7. The molecule has 0 unspecified atom stereocenters. The van der Waals surface area contributed by atoms with Gasteiger partial charge in [0.05, 0.1) is 28.0 Å². The highest BCUT2D eigenvalue weighted by Crippen LogP contribution is 2.45. The van der Waals surface area contributed by atoms with Crippen LogP contribution in [0.25, 0.3) is 95.0 Å². The van der Waals surface area contributed by atoms with Gasteiger partial charge in [0.2, 0.25) is 0 Å². The molecule has 0 radical (unpaired) electrons. The van der Waals surface area contributed by atoms with Crippen LogP contribution in [0.15, 0.2) is 194 Å². The Balaban J connectivity index is 1.26. The minimum Gasteiger partial charge on any atom is -0.507 e. The molecule has 0 amide bonds. The molecule has 334 valence electrons. The van der Waals surface area contributed by atoms with Crippen LogP contribution in [0.3, 0.4) is 0 Å². The molecule has 2 aromatic heterocycles. The summed E-state index contributed by atoms with van der Waals surface area (Å²) in [5, 5.41) is 12.1. The third-order valence-electron chi connectivity index (χ3n) is 13.1. The summed E-state index contributed by atoms with van der Waals surface area (Å²) in [6, 6.07) is 63.9. The first kappa shape index (κ1) is 40.5. The van der Waals surface area contributed by atoms with E-state index in [2.05, 4.69) is 126 Å². The first-order valence-corrected chi connectivity index (χ1v) is 23.4. The highest BCUT2D eigenvalue weighted by molar-refractivity contribution is 5.98. The Bertz CT molecular complexity index is 3600. The summed E-state index contributed by atoms with van der Waals surface area (Å²) in [4.78, 5) is 10.4. The number of nitrogens with zero attached hydrogens (tertiary/aromatic N) is 3. The van der Waals surface area contributed by atoms with Crippen molar-refractivity contribution >= 4 is 11.0 Å². The van der Waals surface area contributed by atoms with Gasteiger partial charge in [-0.2, -0.15) is 0 Å². The fourth-order valence-electron chi connectivity index (χ4n) is 9.50. The smallest absolute Gasteiger partial charge is 0.149 e. The fourth-order valence-corrected chi connectivity index (χ4v) is 9.50. The minimum absolute atomic E-state index is 0.0903. The van der Waals surface area contributed by atoms with Crippen LogP contribution >= 0.6 is 0 Å². The number of benzene rings is 8. The molecule has 68 heavy (non-hydrogen) atoms. The number of aromatic nitrogens is 3. The number of phenols is 1. The molecule has 0 fully saturated rings. The van der Waals surface area contributed by atoms with E-state index in [9.17, 15) is 9.22 Å². The molecule has 10 rings (SSSR count). The Morgan fingerprint density at radius 3 is 1.79 bits per heavy atom. The van der Waals surface area contributed by atoms with Crippen molar-refractivity contribution in [1.29, 1.82) is 0 Å². The highest BCUT2D eigenvalue weighted by Gasteiger charge is 2.27. The first-order chi connectivity index (χ1) is 33.9. The number of aromatic hydroxyl groups is 1. The second-order valence-electron chi connectivity index (χ2n) is 19.9. The zero-order valence-electron chi connectivity index (χ0n) is 42.8. The van der Waals surface area contributed by atoms with Gasteiger partial charge in [-0.1, -0.05) is 175 Å². The van der Waals surface area contributed by atoms with Gasteiger partial charge in [0.25, 0.3) is 0 Å². The van der Waals surface area contributed by atoms with Gasteiger partial charge in [-0.15, -0.1) is 0 Å². The molecule has 10 aromatic rings. The first-order valence-electron chi connectivity index (χ1n) is 24.9. The molecule has 0 aliphatic rings. The van der Waals surface area contributed by atoms with Gasteiger partial charge >= 0.3 is 0 Å². The topological polar surface area (TPSA) is 50.9 Å². The monoisotopic (exact) mass is 886 g/mol. The van der Waals surface area contributed by atoms with Crippen LogP contribution in [0.4, 0.5) is 0 Å². The molecule has 4 nitrogen and oxygen atoms in total. The Hall–Kier alpha value is -7.82. The maximum absolute atomic E-state index is 12.1. The number of aryl methyl sites for hydroxylation is 2. The van der Waals surface area contributed by atoms with Gasteiger partial charge in [0.1, 0.15) is 11.6 Å². The third kappa shape index (κ3) is 8.32. The van der Waals surface area contributed by atoms with Crippen LogP contribution in [-0.4, -0.2) is 19.6 Å². The van der Waals surface area contributed by atoms with Crippen molar-refractivity contribution in [2.75, 3.05) is 0 Å². The molecular weight excluding hydrogens is 827 g/mol. The van der Waals surface area contributed by atoms with E-state index >= 15 is 0 Å². The van der Waals surface area contributed by atoms with Crippen molar-refractivity contribution < 1.29 is 9.22 Å². The van der Waals surface area contributed by atoms with E-state index in [1.54, 1.807) is 0 Å². The number of rotatable bonds is 8. The maximum Gasteiger partial charge on any atom is 0.149 e. The Morgan fingerprint density at radius 2 is 1.12 bits per heavy atom. The number of fused-ring (bicyclic) bond motifs is 1. The van der Waals surface area contributed by atoms with Gasteiger partial charge in [-0.05, 0) is 152 Å². The van der Waals surface area contributed by atoms with Gasteiger partial charge in [0.15, 0.2) is 0 Å². The highest BCUT2D eigenvalue weighted by atomic mass is 16.3. The van der Waals surface area contributed by atoms with Crippen LogP contribution < -0.4 is 0 Å². The van der Waals surface area contributed by atoms with Crippen LogP contribution in [0.1, 0.15) is 67.9 Å². The molecule has 1 N–H and O–H groups in total. The van der Waals surface area contributed by atoms with E-state index in [-0.39, 0.29) is 22.1 Å². The van der Waals surface area contributed by atoms with Crippen LogP contribution in [0, 0.1) is 13.8 Å². The zero-order valence-corrected chi connectivity index (χ0v) is 39.8. The van der Waals surface area contributed by atoms with Gasteiger partial charge < -0.3 is 5.11 Å². The Kier molecular flexibility index (Phi) is 10.4. The van der Waals surface area contributed by atoms with E-state index in [1.807, 2.05) is 121 Å². The van der Waals surface area contributed by atoms with Crippen molar-refractivity contribution in [2.45, 2.75) is 66.1 Å². The Labute approximate surface area is 405 Å². The molecule has 0 spiro atoms. The summed E-state index contributed by atoms with van der Waals surface area (Å²) < 4.78 is 29.7. The van der Waals surface area contributed by atoms with Crippen molar-refractivity contribution in [3.05, 3.63) is 217 Å². The fraction of sp³-hybridized carbons (Fsp3) is 0.156. The van der Waals surface area contributed by atoms with E-state index in [0.717, 1.165) is 78.0 Å². The molecule has 8 aromatic carbocycles. The standard InChI is InChI=1S/C64H57N3O/c1-41-34-47(59-52(45-24-16-11-17-25-45)26-18-28-55(59)64(6,7)8)30-31-57(41)67-58-29-19-27-53(60(58)66-62(67)54-40-51(63(3,4)5)35-42(2)61(54)68)49-36-48(44-22-14-10-15-23-44)37-50(38-49)56-39-46(32-33-65-56)43-20-12-9-13-21-43/h9-40,68H,1-8H3/i1D3. The van der Waals surface area contributed by atoms with E-state index in [0.29, 0.717) is 33.7 Å². The number of hydrogen-bond donors (Lipinski definition) is 1. The van der Waals surface area contributed by atoms with Crippen molar-refractivity contribution in [3.8, 4) is 89.7 Å². The molecule has 0 aliphatic carbocycles. The van der Waals surface area contributed by atoms with E-state index < -0.39 is 6.85 Å². The average molecular weight is 887 g/mol. The summed E-state index contributed by atoms with van der Waals surface area (Å²) in [7, 11) is 0. The lowest BCUT2D eigenvalue weighted by atomic mass is 9.78. The molecule has 0 bridgehead atoms. The molecule has 0 saturated heterocycles. The summed E-state index contributed by atoms with van der Waals surface area (Å²) in [5.74, 6) is 0.529. The summed E-state index contributed by atoms with van der Waals surface area (Å²) >= 11 is 0. The lowest BCUT2D eigenvalue weighted by molar-refractivity contribution is 0.471. The average Bonchev–Trinajstić information content (AvgIpc) is 3.76. The molecule has 0 saturated carbocycles. The summed E-state index contributed by atoms with van der Waals surface area (Å²) in [6.45, 7) is 12.4. The Morgan fingerprint density at radius 1 is 0.485 bits per heavy atom. The number of pyridine rings is 1. The van der Waals surface area contributed by atoms with Crippen molar-refractivity contribution in [3.63, 3.8) is 0 Å². The van der Waals surface area contributed by atoms with Gasteiger partial charge in [0, 0.05) is 21.4 Å². The second kappa shape index (κ2) is 17.4.